The highest BCUT2D eigenvalue weighted by Crippen LogP contribution is 2.18. The number of aromatic nitrogens is 2. The maximum Gasteiger partial charge on any atom is 0.254 e. The van der Waals surface area contributed by atoms with E-state index in [1.165, 1.54) is 0 Å². The summed E-state index contributed by atoms with van der Waals surface area (Å²) < 4.78 is 2.72. The van der Waals surface area contributed by atoms with Crippen molar-refractivity contribution in [3.05, 3.63) is 46.7 Å². The van der Waals surface area contributed by atoms with Gasteiger partial charge in [0.2, 0.25) is 0 Å². The number of hydrogen-bond donors (Lipinski definition) is 2. The highest BCUT2D eigenvalue weighted by molar-refractivity contribution is 9.10. The third-order valence-corrected chi connectivity index (χ3v) is 4.57. The molecule has 116 valence electrons. The highest BCUT2D eigenvalue weighted by atomic mass is 79.9. The van der Waals surface area contributed by atoms with Crippen LogP contribution in [0.3, 0.4) is 0 Å². The third-order valence-electron chi connectivity index (χ3n) is 4.04. The summed E-state index contributed by atoms with van der Waals surface area (Å²) in [5.74, 6) is -0.0659. The number of benzene rings is 1. The van der Waals surface area contributed by atoms with Crippen molar-refractivity contribution in [1.82, 2.24) is 15.1 Å². The van der Waals surface area contributed by atoms with E-state index in [1.54, 1.807) is 17.1 Å². The second-order valence-electron chi connectivity index (χ2n) is 5.74. The summed E-state index contributed by atoms with van der Waals surface area (Å²) in [4.78, 5) is 12.3. The molecular weight excluding hydrogens is 344 g/mol. The average Bonchev–Trinajstić information content (AvgIpc) is 3.00. The van der Waals surface area contributed by atoms with Crippen molar-refractivity contribution in [2.75, 3.05) is 0 Å². The Morgan fingerprint density at radius 1 is 1.23 bits per heavy atom. The molecule has 1 heterocycles. The van der Waals surface area contributed by atoms with Crippen LogP contribution in [0, 0.1) is 0 Å². The molecule has 0 aliphatic heterocycles. The predicted molar refractivity (Wildman–Crippen MR) is 89.0 cm³/mol. The SMILES string of the molecule is NC1CCC(NC(=O)c2cnn(-c3ccc(Br)cc3)c2)CC1. The molecular formula is C16H19BrN4O. The lowest BCUT2D eigenvalue weighted by Crippen LogP contribution is -2.40. The number of amides is 1. The van der Waals surface area contributed by atoms with Crippen molar-refractivity contribution in [3.63, 3.8) is 0 Å². The van der Waals surface area contributed by atoms with Gasteiger partial charge in [0.25, 0.3) is 5.91 Å². The molecule has 6 heteroatoms. The number of nitrogens with zero attached hydrogens (tertiary/aromatic N) is 2. The van der Waals surface area contributed by atoms with Gasteiger partial charge in [0.05, 0.1) is 17.4 Å². The minimum Gasteiger partial charge on any atom is -0.349 e. The first-order valence-electron chi connectivity index (χ1n) is 7.49. The van der Waals surface area contributed by atoms with E-state index in [1.807, 2.05) is 24.3 Å². The Hall–Kier alpha value is -1.66. The molecule has 3 N–H and O–H groups in total. The lowest BCUT2D eigenvalue weighted by atomic mass is 9.92. The van der Waals surface area contributed by atoms with Crippen LogP contribution in [0.1, 0.15) is 36.0 Å². The minimum atomic E-state index is -0.0659. The normalized spacial score (nSPS) is 21.5. The Balaban J connectivity index is 1.65. The first-order chi connectivity index (χ1) is 10.6. The van der Waals surface area contributed by atoms with E-state index in [9.17, 15) is 4.79 Å². The topological polar surface area (TPSA) is 72.9 Å². The van der Waals surface area contributed by atoms with Gasteiger partial charge in [-0.2, -0.15) is 5.10 Å². The highest BCUT2D eigenvalue weighted by Gasteiger charge is 2.21. The van der Waals surface area contributed by atoms with Crippen LogP contribution in [0.2, 0.25) is 0 Å². The van der Waals surface area contributed by atoms with Crippen molar-refractivity contribution in [1.29, 1.82) is 0 Å². The van der Waals surface area contributed by atoms with Gasteiger partial charge in [-0.15, -0.1) is 0 Å². The second kappa shape index (κ2) is 6.62. The molecule has 5 nitrogen and oxygen atoms in total. The van der Waals surface area contributed by atoms with E-state index in [0.29, 0.717) is 5.56 Å². The summed E-state index contributed by atoms with van der Waals surface area (Å²) in [6, 6.07) is 8.30. The molecule has 1 aliphatic carbocycles. The van der Waals surface area contributed by atoms with Gasteiger partial charge < -0.3 is 11.1 Å². The molecule has 1 amide bonds. The number of nitrogens with two attached hydrogens (primary N) is 1. The van der Waals surface area contributed by atoms with Crippen molar-refractivity contribution in [2.45, 2.75) is 37.8 Å². The number of halogens is 1. The summed E-state index contributed by atoms with van der Waals surface area (Å²) in [6.07, 6.45) is 7.22. The molecule has 0 bridgehead atoms. The molecule has 22 heavy (non-hydrogen) atoms. The summed E-state index contributed by atoms with van der Waals surface area (Å²) in [5.41, 5.74) is 7.39. The van der Waals surface area contributed by atoms with Gasteiger partial charge in [-0.05, 0) is 49.9 Å². The Morgan fingerprint density at radius 3 is 2.59 bits per heavy atom. The lowest BCUT2D eigenvalue weighted by molar-refractivity contribution is 0.0926. The largest absolute Gasteiger partial charge is 0.349 e. The zero-order valence-corrected chi connectivity index (χ0v) is 13.8. The fourth-order valence-electron chi connectivity index (χ4n) is 2.71. The zero-order chi connectivity index (χ0) is 15.5. The van der Waals surface area contributed by atoms with Gasteiger partial charge in [-0.25, -0.2) is 4.68 Å². The van der Waals surface area contributed by atoms with E-state index in [0.717, 1.165) is 35.8 Å². The Morgan fingerprint density at radius 2 is 1.91 bits per heavy atom. The summed E-state index contributed by atoms with van der Waals surface area (Å²) in [5, 5.41) is 7.34. The summed E-state index contributed by atoms with van der Waals surface area (Å²) in [7, 11) is 0. The van der Waals surface area contributed by atoms with Crippen LogP contribution in [0.5, 0.6) is 0 Å². The fraction of sp³-hybridized carbons (Fsp3) is 0.375. The molecule has 1 fully saturated rings. The number of carbonyl (C=O) groups is 1. The van der Waals surface area contributed by atoms with Gasteiger partial charge >= 0.3 is 0 Å². The average molecular weight is 363 g/mol. The molecule has 0 radical (unpaired) electrons. The fourth-order valence-corrected chi connectivity index (χ4v) is 2.97. The number of rotatable bonds is 3. The first-order valence-corrected chi connectivity index (χ1v) is 8.28. The van der Waals surface area contributed by atoms with Crippen molar-refractivity contribution >= 4 is 21.8 Å². The van der Waals surface area contributed by atoms with E-state index in [4.69, 9.17) is 5.73 Å². The molecule has 1 aliphatic rings. The first kappa shape index (κ1) is 15.2. The van der Waals surface area contributed by atoms with Gasteiger partial charge in [-0.1, -0.05) is 15.9 Å². The molecule has 0 unspecified atom stereocenters. The molecule has 3 rings (SSSR count). The molecule has 1 aromatic carbocycles. The van der Waals surface area contributed by atoms with E-state index in [-0.39, 0.29) is 18.0 Å². The Labute approximate surface area is 138 Å². The molecule has 1 saturated carbocycles. The molecule has 0 saturated heterocycles. The van der Waals surface area contributed by atoms with E-state index in [2.05, 4.69) is 26.3 Å². The molecule has 1 aromatic heterocycles. The molecule has 0 spiro atoms. The van der Waals surface area contributed by atoms with Crippen LogP contribution < -0.4 is 11.1 Å². The number of nitrogens with one attached hydrogen (secondary N) is 1. The van der Waals surface area contributed by atoms with Gasteiger partial charge in [0.15, 0.2) is 0 Å². The summed E-state index contributed by atoms with van der Waals surface area (Å²) in [6.45, 7) is 0. The monoisotopic (exact) mass is 362 g/mol. The van der Waals surface area contributed by atoms with E-state index < -0.39 is 0 Å². The Kier molecular flexibility index (Phi) is 4.59. The number of hydrogen-bond acceptors (Lipinski definition) is 3. The maximum absolute atomic E-state index is 12.3. The van der Waals surface area contributed by atoms with Crippen molar-refractivity contribution in [3.8, 4) is 5.69 Å². The van der Waals surface area contributed by atoms with Crippen LogP contribution in [0.4, 0.5) is 0 Å². The van der Waals surface area contributed by atoms with Crippen LogP contribution in [-0.4, -0.2) is 27.8 Å². The standard InChI is InChI=1S/C16H19BrN4O/c17-12-1-7-15(8-2-12)21-10-11(9-19-21)16(22)20-14-5-3-13(18)4-6-14/h1-2,7-10,13-14H,3-6,18H2,(H,20,22). The Bertz CT molecular complexity index is 644. The van der Waals surface area contributed by atoms with Crippen molar-refractivity contribution in [2.24, 2.45) is 5.73 Å². The smallest absolute Gasteiger partial charge is 0.254 e. The molecule has 2 aromatic rings. The van der Waals surface area contributed by atoms with Crippen LogP contribution in [-0.2, 0) is 0 Å². The zero-order valence-electron chi connectivity index (χ0n) is 12.2. The van der Waals surface area contributed by atoms with Gasteiger partial charge in [0, 0.05) is 22.8 Å². The lowest BCUT2D eigenvalue weighted by Gasteiger charge is -2.26. The third kappa shape index (κ3) is 3.56. The predicted octanol–water partition coefficient (Wildman–Crippen LogP) is 2.63. The number of carbonyl (C=O) groups excluding carboxylic acids is 1. The molecule has 0 atom stereocenters. The van der Waals surface area contributed by atoms with Crippen LogP contribution in [0.25, 0.3) is 5.69 Å². The van der Waals surface area contributed by atoms with Crippen molar-refractivity contribution < 1.29 is 4.79 Å². The van der Waals surface area contributed by atoms with Gasteiger partial charge in [0.1, 0.15) is 0 Å². The van der Waals surface area contributed by atoms with Crippen LogP contribution in [0.15, 0.2) is 41.1 Å². The van der Waals surface area contributed by atoms with E-state index >= 15 is 0 Å². The minimum absolute atomic E-state index is 0.0659. The quantitative estimate of drug-likeness (QED) is 0.881. The second-order valence-corrected chi connectivity index (χ2v) is 6.65. The van der Waals surface area contributed by atoms with Gasteiger partial charge in [-0.3, -0.25) is 4.79 Å². The maximum atomic E-state index is 12.3. The summed E-state index contributed by atoms with van der Waals surface area (Å²) >= 11 is 3.40. The van der Waals surface area contributed by atoms with Crippen LogP contribution >= 0.6 is 15.9 Å².